The van der Waals surface area contributed by atoms with Gasteiger partial charge in [0.05, 0.1) is 6.20 Å². The Balaban J connectivity index is 0.00000433. The van der Waals surface area contributed by atoms with Crippen molar-refractivity contribution in [2.75, 3.05) is 37.7 Å². The molecule has 8 nitrogen and oxygen atoms in total. The normalized spacial score (nSPS) is 23.9. The minimum Gasteiger partial charge on any atom is -0.438 e. The summed E-state index contributed by atoms with van der Waals surface area (Å²) in [5.74, 6) is 1.98. The predicted octanol–water partition coefficient (Wildman–Crippen LogP) is 5.83. The molecular formula is C36H48ClFN6O2S. The summed E-state index contributed by atoms with van der Waals surface area (Å²) in [5.41, 5.74) is 10.9. The second-order valence-electron chi connectivity index (χ2n) is 13.3. The lowest BCUT2D eigenvalue weighted by Gasteiger charge is -2.36. The van der Waals surface area contributed by atoms with E-state index >= 15 is 0 Å². The van der Waals surface area contributed by atoms with Crippen molar-refractivity contribution in [1.29, 1.82) is 0 Å². The monoisotopic (exact) mass is 682 g/mol. The van der Waals surface area contributed by atoms with Gasteiger partial charge >= 0.3 is 0 Å². The molecule has 2 atom stereocenters. The average molecular weight is 683 g/mol. The summed E-state index contributed by atoms with van der Waals surface area (Å²) in [5, 5.41) is 6.67. The van der Waals surface area contributed by atoms with Crippen LogP contribution in [0.4, 0.5) is 4.39 Å². The van der Waals surface area contributed by atoms with E-state index in [4.69, 9.17) is 10.5 Å². The molecule has 1 amide bonds. The molecule has 3 aromatic rings. The standard InChI is InChI=1S/C36H47FN6O2S.ClH/c1-24-20-43(21-25(2)40-24)22-26-6-11-33(28(16-26)23-42-12-14-46-15-13-42)27-4-3-5-32(17-27)45-36-34(18-29(37)19-39-36)35(44)41-31-9-7-30(38)8-10-31;/h3-6,11,16-19,24-25,30-31,40H,7-10,12-15,20-23,38H2,1-2H3,(H,41,44);1H/t24-,25?,30?,31?;/m0./s1. The van der Waals surface area contributed by atoms with Crippen molar-refractivity contribution in [3.63, 3.8) is 0 Å². The third kappa shape index (κ3) is 9.68. The molecular weight excluding hydrogens is 635 g/mol. The first-order valence-electron chi connectivity index (χ1n) is 16.7. The molecule has 1 aliphatic carbocycles. The number of ether oxygens (including phenoxy) is 1. The highest BCUT2D eigenvalue weighted by atomic mass is 35.5. The van der Waals surface area contributed by atoms with E-state index in [9.17, 15) is 9.18 Å². The lowest BCUT2D eigenvalue weighted by atomic mass is 9.91. The number of benzene rings is 2. The number of amides is 1. The number of rotatable bonds is 9. The molecule has 0 bridgehead atoms. The minimum absolute atomic E-state index is 0. The second-order valence-corrected chi connectivity index (χ2v) is 14.5. The fraction of sp³-hybridized carbons (Fsp3) is 0.500. The van der Waals surface area contributed by atoms with Crippen LogP contribution in [0.15, 0.2) is 54.7 Å². The third-order valence-corrected chi connectivity index (χ3v) is 10.2. The topological polar surface area (TPSA) is 95.8 Å². The number of pyridine rings is 1. The zero-order valence-electron chi connectivity index (χ0n) is 27.4. The Kier molecular flexibility index (Phi) is 12.6. The highest BCUT2D eigenvalue weighted by molar-refractivity contribution is 7.99. The van der Waals surface area contributed by atoms with Crippen LogP contribution in [0.3, 0.4) is 0 Å². The zero-order chi connectivity index (χ0) is 32.0. The van der Waals surface area contributed by atoms with E-state index in [2.05, 4.69) is 63.5 Å². The fourth-order valence-corrected chi connectivity index (χ4v) is 8.00. The molecule has 1 saturated carbocycles. The molecule has 254 valence electrons. The van der Waals surface area contributed by atoms with Gasteiger partial charge in [0.15, 0.2) is 0 Å². The Bertz CT molecular complexity index is 1490. The van der Waals surface area contributed by atoms with E-state index in [1.54, 1.807) is 0 Å². The van der Waals surface area contributed by atoms with Gasteiger partial charge in [-0.25, -0.2) is 9.37 Å². The van der Waals surface area contributed by atoms with Crippen LogP contribution >= 0.6 is 24.2 Å². The summed E-state index contributed by atoms with van der Waals surface area (Å²) in [7, 11) is 0. The Hall–Kier alpha value is -2.73. The lowest BCUT2D eigenvalue weighted by Crippen LogP contribution is -2.53. The first-order chi connectivity index (χ1) is 22.3. The summed E-state index contributed by atoms with van der Waals surface area (Å²) in [6, 6.07) is 17.1. The first kappa shape index (κ1) is 35.6. The van der Waals surface area contributed by atoms with Crippen LogP contribution in [0.2, 0.25) is 0 Å². The number of carbonyl (C=O) groups is 1. The number of piperazine rings is 1. The molecule has 3 heterocycles. The molecule has 6 rings (SSSR count). The molecule has 2 saturated heterocycles. The summed E-state index contributed by atoms with van der Waals surface area (Å²) >= 11 is 2.02. The Labute approximate surface area is 288 Å². The van der Waals surface area contributed by atoms with Gasteiger partial charge in [-0.3, -0.25) is 14.6 Å². The molecule has 4 N–H and O–H groups in total. The number of thioether (sulfide) groups is 1. The SMILES string of the molecule is CC1CN(Cc2ccc(-c3cccc(Oc4ncc(F)cc4C(=O)NC4CCC(N)CC4)c3)c(CN3CCSCC3)c2)C[C@H](C)N1.Cl. The van der Waals surface area contributed by atoms with Crippen LogP contribution in [-0.4, -0.2) is 82.5 Å². The van der Waals surface area contributed by atoms with Crippen LogP contribution in [0, 0.1) is 5.82 Å². The smallest absolute Gasteiger partial charge is 0.257 e. The highest BCUT2D eigenvalue weighted by Crippen LogP contribution is 2.32. The molecule has 3 fully saturated rings. The summed E-state index contributed by atoms with van der Waals surface area (Å²) in [6.07, 6.45) is 4.41. The van der Waals surface area contributed by atoms with Crippen LogP contribution in [-0.2, 0) is 13.1 Å². The van der Waals surface area contributed by atoms with Crippen LogP contribution in [0.1, 0.15) is 61.0 Å². The first-order valence-corrected chi connectivity index (χ1v) is 17.8. The van der Waals surface area contributed by atoms with Crippen molar-refractivity contribution in [3.8, 4) is 22.8 Å². The van der Waals surface area contributed by atoms with Crippen molar-refractivity contribution < 1.29 is 13.9 Å². The quantitative estimate of drug-likeness (QED) is 0.260. The number of nitrogens with two attached hydrogens (primary N) is 1. The van der Waals surface area contributed by atoms with Crippen molar-refractivity contribution in [2.24, 2.45) is 5.73 Å². The molecule has 2 aromatic carbocycles. The number of aromatic nitrogens is 1. The van der Waals surface area contributed by atoms with Crippen LogP contribution in [0.5, 0.6) is 11.6 Å². The van der Waals surface area contributed by atoms with E-state index in [0.29, 0.717) is 17.8 Å². The molecule has 11 heteroatoms. The van der Waals surface area contributed by atoms with Crippen LogP contribution in [0.25, 0.3) is 11.1 Å². The molecule has 0 radical (unpaired) electrons. The van der Waals surface area contributed by atoms with Crippen molar-refractivity contribution in [2.45, 2.75) is 76.8 Å². The van der Waals surface area contributed by atoms with Gasteiger partial charge in [-0.05, 0) is 80.0 Å². The number of nitrogens with one attached hydrogen (secondary N) is 2. The van der Waals surface area contributed by atoms with Crippen molar-refractivity contribution in [1.82, 2.24) is 25.4 Å². The van der Waals surface area contributed by atoms with Gasteiger partial charge < -0.3 is 21.1 Å². The summed E-state index contributed by atoms with van der Waals surface area (Å²) < 4.78 is 20.5. The second kappa shape index (κ2) is 16.6. The van der Waals surface area contributed by atoms with Crippen molar-refractivity contribution in [3.05, 3.63) is 77.2 Å². The van der Waals surface area contributed by atoms with Gasteiger partial charge in [-0.2, -0.15) is 11.8 Å². The van der Waals surface area contributed by atoms with Gasteiger partial charge in [-0.15, -0.1) is 12.4 Å². The average Bonchev–Trinajstić information content (AvgIpc) is 3.03. The van der Waals surface area contributed by atoms with E-state index in [0.717, 1.165) is 93.8 Å². The van der Waals surface area contributed by atoms with Gasteiger partial charge in [0.25, 0.3) is 5.91 Å². The van der Waals surface area contributed by atoms with Crippen LogP contribution < -0.4 is 21.1 Å². The van der Waals surface area contributed by atoms with Crippen molar-refractivity contribution >= 4 is 30.1 Å². The highest BCUT2D eigenvalue weighted by Gasteiger charge is 2.24. The van der Waals surface area contributed by atoms with E-state index in [-0.39, 0.29) is 41.8 Å². The molecule has 0 spiro atoms. The number of hydrogen-bond acceptors (Lipinski definition) is 8. The third-order valence-electron chi connectivity index (χ3n) is 9.24. The molecule has 3 aliphatic rings. The Morgan fingerprint density at radius 1 is 1.02 bits per heavy atom. The summed E-state index contributed by atoms with van der Waals surface area (Å²) in [6.45, 7) is 10.6. The maximum absolute atomic E-state index is 14.3. The zero-order valence-corrected chi connectivity index (χ0v) is 29.1. The predicted molar refractivity (Wildman–Crippen MR) is 191 cm³/mol. The molecule has 1 aromatic heterocycles. The fourth-order valence-electron chi connectivity index (χ4n) is 7.02. The number of halogens is 2. The maximum atomic E-state index is 14.3. The lowest BCUT2D eigenvalue weighted by molar-refractivity contribution is 0.0922. The molecule has 2 aliphatic heterocycles. The van der Waals surface area contributed by atoms with Gasteiger partial charge in [0, 0.05) is 74.9 Å². The number of hydrogen-bond donors (Lipinski definition) is 3. The molecule has 1 unspecified atom stereocenters. The number of carbonyl (C=O) groups excluding carboxylic acids is 1. The van der Waals surface area contributed by atoms with E-state index in [1.165, 1.54) is 17.2 Å². The Morgan fingerprint density at radius 2 is 1.77 bits per heavy atom. The minimum atomic E-state index is -0.581. The number of nitrogens with zero attached hydrogens (tertiary/aromatic N) is 3. The van der Waals surface area contributed by atoms with Gasteiger partial charge in [-0.1, -0.05) is 30.3 Å². The van der Waals surface area contributed by atoms with E-state index in [1.807, 2.05) is 30.0 Å². The summed E-state index contributed by atoms with van der Waals surface area (Å²) in [4.78, 5) is 22.5. The largest absolute Gasteiger partial charge is 0.438 e. The Morgan fingerprint density at radius 3 is 2.51 bits per heavy atom. The molecule has 47 heavy (non-hydrogen) atoms. The van der Waals surface area contributed by atoms with Gasteiger partial charge in [0.1, 0.15) is 17.1 Å². The van der Waals surface area contributed by atoms with E-state index < -0.39 is 5.82 Å². The maximum Gasteiger partial charge on any atom is 0.257 e. The van der Waals surface area contributed by atoms with Gasteiger partial charge in [0.2, 0.25) is 5.88 Å².